The van der Waals surface area contributed by atoms with Gasteiger partial charge in [-0.1, -0.05) is 23.7 Å². The van der Waals surface area contributed by atoms with Gasteiger partial charge in [-0.15, -0.1) is 0 Å². The zero-order chi connectivity index (χ0) is 12.1. The zero-order valence-electron chi connectivity index (χ0n) is 8.93. The molecule has 1 aromatic heterocycles. The molecular weight excluding hydrogens is 236 g/mol. The molecule has 0 amide bonds. The molecule has 2 aromatic rings. The average Bonchev–Trinajstić information content (AvgIpc) is 2.38. The van der Waals surface area contributed by atoms with Crippen LogP contribution in [0.5, 0.6) is 5.75 Å². The summed E-state index contributed by atoms with van der Waals surface area (Å²) < 4.78 is 5.52. The third kappa shape index (κ3) is 3.20. The summed E-state index contributed by atoms with van der Waals surface area (Å²) in [5.41, 5.74) is 1.57. The second-order valence-electron chi connectivity index (χ2n) is 3.42. The van der Waals surface area contributed by atoms with Crippen molar-refractivity contribution in [2.45, 2.75) is 6.61 Å². The third-order valence-corrected chi connectivity index (χ3v) is 2.39. The molecule has 2 rings (SSSR count). The van der Waals surface area contributed by atoms with Gasteiger partial charge in [-0.3, -0.25) is 0 Å². The monoisotopic (exact) mass is 244 g/mol. The lowest BCUT2D eigenvalue weighted by Crippen LogP contribution is -1.96. The first kappa shape index (κ1) is 11.4. The third-order valence-electron chi connectivity index (χ3n) is 2.16. The van der Waals surface area contributed by atoms with Gasteiger partial charge in [0.05, 0.1) is 17.8 Å². The first-order valence-corrected chi connectivity index (χ1v) is 5.39. The number of pyridine rings is 1. The predicted molar refractivity (Wildman–Crippen MR) is 64.7 cm³/mol. The lowest BCUT2D eigenvalue weighted by Gasteiger charge is -2.05. The molecule has 0 spiro atoms. The van der Waals surface area contributed by atoms with E-state index in [0.717, 1.165) is 5.56 Å². The van der Waals surface area contributed by atoms with Gasteiger partial charge >= 0.3 is 0 Å². The highest BCUT2D eigenvalue weighted by molar-refractivity contribution is 6.29. The zero-order valence-corrected chi connectivity index (χ0v) is 9.69. The molecule has 0 N–H and O–H groups in total. The smallest absolute Gasteiger partial charge is 0.138 e. The van der Waals surface area contributed by atoms with Crippen LogP contribution >= 0.6 is 11.6 Å². The second kappa shape index (κ2) is 5.33. The summed E-state index contributed by atoms with van der Waals surface area (Å²) in [6.07, 6.45) is 1.57. The number of aromatic nitrogens is 1. The molecule has 3 nitrogen and oxygen atoms in total. The Morgan fingerprint density at radius 3 is 2.88 bits per heavy atom. The van der Waals surface area contributed by atoms with E-state index >= 15 is 0 Å². The van der Waals surface area contributed by atoms with Crippen molar-refractivity contribution in [3.05, 3.63) is 58.9 Å². The van der Waals surface area contributed by atoms with Gasteiger partial charge in [0.15, 0.2) is 0 Å². The fourth-order valence-corrected chi connectivity index (χ4v) is 1.46. The van der Waals surface area contributed by atoms with Crippen LogP contribution in [0, 0.1) is 11.3 Å². The van der Waals surface area contributed by atoms with E-state index in [-0.39, 0.29) is 0 Å². The summed E-state index contributed by atoms with van der Waals surface area (Å²) in [4.78, 5) is 3.91. The maximum Gasteiger partial charge on any atom is 0.138 e. The molecule has 0 saturated heterocycles. The number of benzene rings is 1. The van der Waals surface area contributed by atoms with E-state index in [1.165, 1.54) is 0 Å². The van der Waals surface area contributed by atoms with E-state index < -0.39 is 0 Å². The molecule has 0 unspecified atom stereocenters. The Morgan fingerprint density at radius 2 is 2.18 bits per heavy atom. The summed E-state index contributed by atoms with van der Waals surface area (Å²) >= 11 is 5.67. The summed E-state index contributed by atoms with van der Waals surface area (Å²) in [7, 11) is 0. The fourth-order valence-electron chi connectivity index (χ4n) is 1.34. The molecule has 1 aromatic carbocycles. The molecule has 17 heavy (non-hydrogen) atoms. The van der Waals surface area contributed by atoms with Crippen molar-refractivity contribution < 1.29 is 4.74 Å². The molecule has 0 saturated carbocycles. The topological polar surface area (TPSA) is 45.9 Å². The number of halogens is 1. The largest absolute Gasteiger partial charge is 0.487 e. The van der Waals surface area contributed by atoms with Gasteiger partial charge in [0.25, 0.3) is 0 Å². The van der Waals surface area contributed by atoms with Gasteiger partial charge < -0.3 is 4.74 Å². The Bertz CT molecular complexity index is 546. The van der Waals surface area contributed by atoms with Crippen LogP contribution in [0.1, 0.15) is 11.1 Å². The van der Waals surface area contributed by atoms with Crippen molar-refractivity contribution in [3.8, 4) is 11.8 Å². The summed E-state index contributed by atoms with van der Waals surface area (Å²) in [6, 6.07) is 12.8. The van der Waals surface area contributed by atoms with Crippen LogP contribution in [0.3, 0.4) is 0 Å². The van der Waals surface area contributed by atoms with Gasteiger partial charge in [0.1, 0.15) is 17.5 Å². The summed E-state index contributed by atoms with van der Waals surface area (Å²) in [6.45, 7) is 0.402. The summed E-state index contributed by atoms with van der Waals surface area (Å²) in [5, 5.41) is 9.20. The Balaban J connectivity index is 2.02. The van der Waals surface area contributed by atoms with Crippen molar-refractivity contribution in [1.82, 2.24) is 4.98 Å². The molecule has 0 aliphatic rings. The Hall–Kier alpha value is -2.05. The minimum Gasteiger partial charge on any atom is -0.487 e. The van der Waals surface area contributed by atoms with Crippen LogP contribution in [0.4, 0.5) is 0 Å². The first-order chi connectivity index (χ1) is 8.28. The summed E-state index contributed by atoms with van der Waals surface area (Å²) in [5.74, 6) is 0.650. The molecule has 84 valence electrons. The number of rotatable bonds is 3. The van der Waals surface area contributed by atoms with E-state index in [2.05, 4.69) is 11.1 Å². The Kier molecular flexibility index (Phi) is 3.59. The lowest BCUT2D eigenvalue weighted by molar-refractivity contribution is 0.305. The van der Waals surface area contributed by atoms with E-state index in [4.69, 9.17) is 21.6 Å². The minimum atomic E-state index is 0.402. The van der Waals surface area contributed by atoms with Gasteiger partial charge in [0, 0.05) is 0 Å². The Morgan fingerprint density at radius 1 is 1.29 bits per heavy atom. The highest BCUT2D eigenvalue weighted by Crippen LogP contribution is 2.14. The molecule has 0 bridgehead atoms. The molecule has 0 radical (unpaired) electrons. The second-order valence-corrected chi connectivity index (χ2v) is 3.80. The molecule has 4 heteroatoms. The van der Waals surface area contributed by atoms with E-state index in [9.17, 15) is 0 Å². The number of nitrogens with zero attached hydrogens (tertiary/aromatic N) is 2. The molecular formula is C13H9ClN2O. The van der Waals surface area contributed by atoms with Crippen LogP contribution in [-0.2, 0) is 6.61 Å². The average molecular weight is 245 g/mol. The minimum absolute atomic E-state index is 0.402. The van der Waals surface area contributed by atoms with Gasteiger partial charge in [-0.2, -0.15) is 5.26 Å². The molecule has 1 heterocycles. The van der Waals surface area contributed by atoms with Gasteiger partial charge in [-0.05, 0) is 29.8 Å². The first-order valence-electron chi connectivity index (χ1n) is 5.01. The Labute approximate surface area is 104 Å². The van der Waals surface area contributed by atoms with Crippen LogP contribution in [-0.4, -0.2) is 4.98 Å². The van der Waals surface area contributed by atoms with Crippen molar-refractivity contribution >= 4 is 11.6 Å². The van der Waals surface area contributed by atoms with Crippen LogP contribution in [0.2, 0.25) is 5.15 Å². The van der Waals surface area contributed by atoms with Crippen molar-refractivity contribution in [2.24, 2.45) is 0 Å². The lowest BCUT2D eigenvalue weighted by atomic mass is 10.1. The number of hydrogen-bond donors (Lipinski definition) is 0. The van der Waals surface area contributed by atoms with E-state index in [1.54, 1.807) is 30.5 Å². The molecule has 0 fully saturated rings. The predicted octanol–water partition coefficient (Wildman–Crippen LogP) is 3.19. The standard InChI is InChI=1S/C13H9ClN2O/c14-13-5-4-12(8-16-13)17-9-11-3-1-2-10(6-11)7-15/h1-6,8H,9H2. The molecule has 0 atom stereocenters. The normalized spacial score (nSPS) is 9.65. The SMILES string of the molecule is N#Cc1cccc(COc2ccc(Cl)nc2)c1. The van der Waals surface area contributed by atoms with Crippen LogP contribution in [0.25, 0.3) is 0 Å². The fraction of sp³-hybridized carbons (Fsp3) is 0.0769. The number of hydrogen-bond acceptors (Lipinski definition) is 3. The van der Waals surface area contributed by atoms with Crippen molar-refractivity contribution in [1.29, 1.82) is 5.26 Å². The maximum absolute atomic E-state index is 8.76. The van der Waals surface area contributed by atoms with E-state index in [1.807, 2.05) is 12.1 Å². The van der Waals surface area contributed by atoms with Crippen LogP contribution < -0.4 is 4.74 Å². The number of nitriles is 1. The quantitative estimate of drug-likeness (QED) is 0.779. The maximum atomic E-state index is 8.76. The molecule has 0 aliphatic carbocycles. The number of ether oxygens (including phenoxy) is 1. The highest BCUT2D eigenvalue weighted by Gasteiger charge is 1.98. The van der Waals surface area contributed by atoms with Crippen LogP contribution in [0.15, 0.2) is 42.6 Å². The van der Waals surface area contributed by atoms with Crippen molar-refractivity contribution in [3.63, 3.8) is 0 Å². The van der Waals surface area contributed by atoms with E-state index in [0.29, 0.717) is 23.1 Å². The molecule has 0 aliphatic heterocycles. The highest BCUT2D eigenvalue weighted by atomic mass is 35.5. The van der Waals surface area contributed by atoms with Gasteiger partial charge in [0.2, 0.25) is 0 Å². The van der Waals surface area contributed by atoms with Crippen molar-refractivity contribution in [2.75, 3.05) is 0 Å². The van der Waals surface area contributed by atoms with Gasteiger partial charge in [-0.25, -0.2) is 4.98 Å².